The Kier molecular flexibility index (Phi) is 5.58. The van der Waals surface area contributed by atoms with Gasteiger partial charge in [-0.1, -0.05) is 59.1 Å². The molecule has 0 aliphatic carbocycles. The molecular formula is C22H14Cl3N3O. The highest BCUT2D eigenvalue weighted by Crippen LogP contribution is 2.29. The molecule has 0 radical (unpaired) electrons. The van der Waals surface area contributed by atoms with Gasteiger partial charge in [0.25, 0.3) is 5.91 Å². The summed E-state index contributed by atoms with van der Waals surface area (Å²) >= 11 is 18.2. The van der Waals surface area contributed by atoms with Crippen molar-refractivity contribution in [3.63, 3.8) is 0 Å². The van der Waals surface area contributed by atoms with Crippen LogP contribution in [0.2, 0.25) is 15.1 Å². The third kappa shape index (κ3) is 4.30. The average Bonchev–Trinajstić information content (AvgIpc) is 3.14. The minimum absolute atomic E-state index is 0.300. The molecule has 0 unspecified atom stereocenters. The van der Waals surface area contributed by atoms with Crippen molar-refractivity contribution < 1.29 is 4.79 Å². The first kappa shape index (κ1) is 19.5. The van der Waals surface area contributed by atoms with Crippen LogP contribution in [0.1, 0.15) is 10.4 Å². The molecule has 4 rings (SSSR count). The number of anilines is 1. The lowest BCUT2D eigenvalue weighted by atomic mass is 10.1. The van der Waals surface area contributed by atoms with E-state index < -0.39 is 0 Å². The molecule has 1 aromatic heterocycles. The molecule has 0 aliphatic heterocycles. The van der Waals surface area contributed by atoms with E-state index in [9.17, 15) is 4.79 Å². The number of amides is 1. The smallest absolute Gasteiger partial charge is 0.259 e. The van der Waals surface area contributed by atoms with E-state index in [1.807, 2.05) is 24.3 Å². The van der Waals surface area contributed by atoms with Crippen LogP contribution in [-0.4, -0.2) is 15.7 Å². The van der Waals surface area contributed by atoms with Gasteiger partial charge in [0.2, 0.25) is 0 Å². The molecule has 7 heteroatoms. The third-order valence-corrected chi connectivity index (χ3v) is 4.99. The SMILES string of the molecule is O=C(Nc1cccc(Cl)c1)c1cnn(-c2cccc(Cl)c2)c1-c1ccc(Cl)cc1. The maximum absolute atomic E-state index is 13.0. The van der Waals surface area contributed by atoms with Crippen molar-refractivity contribution in [2.75, 3.05) is 5.32 Å². The number of hydrogen-bond acceptors (Lipinski definition) is 2. The van der Waals surface area contributed by atoms with E-state index in [4.69, 9.17) is 34.8 Å². The van der Waals surface area contributed by atoms with Crippen molar-refractivity contribution in [1.82, 2.24) is 9.78 Å². The van der Waals surface area contributed by atoms with Crippen molar-refractivity contribution in [2.24, 2.45) is 0 Å². The Labute approximate surface area is 182 Å². The van der Waals surface area contributed by atoms with Gasteiger partial charge < -0.3 is 5.32 Å². The van der Waals surface area contributed by atoms with E-state index in [2.05, 4.69) is 10.4 Å². The topological polar surface area (TPSA) is 46.9 Å². The fraction of sp³-hybridized carbons (Fsp3) is 0. The van der Waals surface area contributed by atoms with Gasteiger partial charge in [-0.2, -0.15) is 5.10 Å². The van der Waals surface area contributed by atoms with Gasteiger partial charge in [0, 0.05) is 26.3 Å². The van der Waals surface area contributed by atoms with Crippen LogP contribution in [-0.2, 0) is 0 Å². The van der Waals surface area contributed by atoms with Gasteiger partial charge >= 0.3 is 0 Å². The number of nitrogens with one attached hydrogen (secondary N) is 1. The molecule has 1 N–H and O–H groups in total. The van der Waals surface area contributed by atoms with Crippen molar-refractivity contribution in [1.29, 1.82) is 0 Å². The lowest BCUT2D eigenvalue weighted by Gasteiger charge is -2.11. The van der Waals surface area contributed by atoms with E-state index in [1.54, 1.807) is 53.2 Å². The standard InChI is InChI=1S/C22H14Cl3N3O/c23-15-9-7-14(8-10-15)21-20(22(29)27-18-5-1-3-16(24)11-18)13-26-28(21)19-6-2-4-17(25)12-19/h1-13H,(H,27,29). The Bertz CT molecular complexity index is 1190. The van der Waals surface area contributed by atoms with E-state index >= 15 is 0 Å². The molecule has 4 nitrogen and oxygen atoms in total. The van der Waals surface area contributed by atoms with E-state index in [-0.39, 0.29) is 5.91 Å². The largest absolute Gasteiger partial charge is 0.322 e. The summed E-state index contributed by atoms with van der Waals surface area (Å²) in [6, 6.07) is 21.5. The molecule has 4 aromatic rings. The maximum Gasteiger partial charge on any atom is 0.259 e. The summed E-state index contributed by atoms with van der Waals surface area (Å²) in [7, 11) is 0. The minimum atomic E-state index is -0.300. The number of halogens is 3. The lowest BCUT2D eigenvalue weighted by molar-refractivity contribution is 0.102. The summed E-state index contributed by atoms with van der Waals surface area (Å²) in [6.45, 7) is 0. The van der Waals surface area contributed by atoms with Crippen LogP contribution in [0.25, 0.3) is 16.9 Å². The Morgan fingerprint density at radius 1 is 0.828 bits per heavy atom. The zero-order valence-corrected chi connectivity index (χ0v) is 17.2. The fourth-order valence-electron chi connectivity index (χ4n) is 2.97. The van der Waals surface area contributed by atoms with Crippen molar-refractivity contribution >= 4 is 46.4 Å². The van der Waals surface area contributed by atoms with Crippen LogP contribution < -0.4 is 5.32 Å². The van der Waals surface area contributed by atoms with Gasteiger partial charge in [0.1, 0.15) is 0 Å². The molecular weight excluding hydrogens is 429 g/mol. The molecule has 0 aliphatic rings. The fourth-order valence-corrected chi connectivity index (χ4v) is 3.47. The summed E-state index contributed by atoms with van der Waals surface area (Å²) in [5.41, 5.74) is 3.17. The van der Waals surface area contributed by atoms with Gasteiger partial charge in [-0.3, -0.25) is 4.79 Å². The molecule has 0 atom stereocenters. The molecule has 144 valence electrons. The van der Waals surface area contributed by atoms with Gasteiger partial charge in [-0.15, -0.1) is 0 Å². The van der Waals surface area contributed by atoms with Crippen molar-refractivity contribution in [3.8, 4) is 16.9 Å². The van der Waals surface area contributed by atoms with Gasteiger partial charge in [-0.25, -0.2) is 4.68 Å². The molecule has 1 heterocycles. The number of benzene rings is 3. The van der Waals surface area contributed by atoms with Crippen LogP contribution in [0.3, 0.4) is 0 Å². The van der Waals surface area contributed by atoms with Crippen LogP contribution in [0, 0.1) is 0 Å². The summed E-state index contributed by atoms with van der Waals surface area (Å²) in [5.74, 6) is -0.300. The molecule has 1 amide bonds. The summed E-state index contributed by atoms with van der Waals surface area (Å²) in [6.07, 6.45) is 1.53. The molecule has 0 bridgehead atoms. The van der Waals surface area contributed by atoms with Gasteiger partial charge in [0.15, 0.2) is 0 Å². The van der Waals surface area contributed by atoms with Crippen LogP contribution in [0.15, 0.2) is 79.0 Å². The normalized spacial score (nSPS) is 10.7. The zero-order chi connectivity index (χ0) is 20.4. The number of rotatable bonds is 4. The molecule has 3 aromatic carbocycles. The second kappa shape index (κ2) is 8.29. The maximum atomic E-state index is 13.0. The average molecular weight is 443 g/mol. The molecule has 0 fully saturated rings. The monoisotopic (exact) mass is 441 g/mol. The minimum Gasteiger partial charge on any atom is -0.322 e. The highest BCUT2D eigenvalue weighted by Gasteiger charge is 2.20. The second-order valence-electron chi connectivity index (χ2n) is 6.27. The highest BCUT2D eigenvalue weighted by molar-refractivity contribution is 6.31. The first-order valence-electron chi connectivity index (χ1n) is 8.68. The lowest BCUT2D eigenvalue weighted by Crippen LogP contribution is -2.13. The number of nitrogens with zero attached hydrogens (tertiary/aromatic N) is 2. The zero-order valence-electron chi connectivity index (χ0n) is 14.9. The first-order chi connectivity index (χ1) is 14.0. The van der Waals surface area contributed by atoms with Crippen molar-refractivity contribution in [3.05, 3.63) is 99.6 Å². The predicted octanol–water partition coefficient (Wildman–Crippen LogP) is 6.75. The Morgan fingerprint density at radius 2 is 1.52 bits per heavy atom. The van der Waals surface area contributed by atoms with E-state index in [0.717, 1.165) is 11.3 Å². The van der Waals surface area contributed by atoms with Crippen molar-refractivity contribution in [2.45, 2.75) is 0 Å². The van der Waals surface area contributed by atoms with Crippen LogP contribution in [0.4, 0.5) is 5.69 Å². The summed E-state index contributed by atoms with van der Waals surface area (Å²) < 4.78 is 1.68. The predicted molar refractivity (Wildman–Crippen MR) is 118 cm³/mol. The second-order valence-corrected chi connectivity index (χ2v) is 7.58. The molecule has 0 saturated carbocycles. The molecule has 0 spiro atoms. The van der Waals surface area contributed by atoms with Crippen LogP contribution >= 0.6 is 34.8 Å². The van der Waals surface area contributed by atoms with E-state index in [0.29, 0.717) is 32.0 Å². The first-order valence-corrected chi connectivity index (χ1v) is 9.81. The molecule has 29 heavy (non-hydrogen) atoms. The van der Waals surface area contributed by atoms with Gasteiger partial charge in [-0.05, 0) is 48.5 Å². The summed E-state index contributed by atoms with van der Waals surface area (Å²) in [4.78, 5) is 13.0. The molecule has 0 saturated heterocycles. The number of carbonyl (C=O) groups is 1. The van der Waals surface area contributed by atoms with E-state index in [1.165, 1.54) is 6.20 Å². The Hall–Kier alpha value is -2.79. The van der Waals surface area contributed by atoms with Crippen LogP contribution in [0.5, 0.6) is 0 Å². The number of carbonyl (C=O) groups excluding carboxylic acids is 1. The summed E-state index contributed by atoms with van der Waals surface area (Å²) in [5, 5.41) is 9.03. The Morgan fingerprint density at radius 3 is 2.21 bits per heavy atom. The quantitative estimate of drug-likeness (QED) is 0.380. The third-order valence-electron chi connectivity index (χ3n) is 4.27. The van der Waals surface area contributed by atoms with Gasteiger partial charge in [0.05, 0.1) is 23.1 Å². The number of hydrogen-bond donors (Lipinski definition) is 1. The highest BCUT2D eigenvalue weighted by atomic mass is 35.5. The number of aromatic nitrogens is 2. The Balaban J connectivity index is 1.81.